The Kier molecular flexibility index (Phi) is 5.03. The summed E-state index contributed by atoms with van der Waals surface area (Å²) in [5.74, 6) is 0. The van der Waals surface area contributed by atoms with E-state index in [0.29, 0.717) is 0 Å². The van der Waals surface area contributed by atoms with E-state index in [1.54, 1.807) is 6.33 Å². The van der Waals surface area contributed by atoms with Gasteiger partial charge in [-0.25, -0.2) is 9.97 Å². The van der Waals surface area contributed by atoms with Gasteiger partial charge in [-0.05, 0) is 39.5 Å². The topological polar surface area (TPSA) is 34.0 Å². The fourth-order valence-corrected chi connectivity index (χ4v) is 2.90. The van der Waals surface area contributed by atoms with Crippen LogP contribution >= 0.6 is 0 Å². The van der Waals surface area contributed by atoms with Crippen LogP contribution in [0.25, 0.3) is 22.3 Å². The predicted molar refractivity (Wildman–Crippen MR) is 95.4 cm³/mol. The van der Waals surface area contributed by atoms with Gasteiger partial charge in [-0.3, -0.25) is 0 Å². The van der Waals surface area contributed by atoms with E-state index in [1.807, 2.05) is 18.2 Å². The second kappa shape index (κ2) is 7.38. The summed E-state index contributed by atoms with van der Waals surface area (Å²) in [6.45, 7) is 2.18. The summed E-state index contributed by atoms with van der Waals surface area (Å²) >= 11 is 0. The number of nitrogens with zero attached hydrogens (tertiary/aromatic N) is 4. The summed E-state index contributed by atoms with van der Waals surface area (Å²) < 4.78 is 2.25. The third-order valence-corrected chi connectivity index (χ3v) is 4.11. The lowest BCUT2D eigenvalue weighted by Crippen LogP contribution is -2.12. The van der Waals surface area contributed by atoms with Crippen LogP contribution in [-0.4, -0.2) is 40.1 Å². The Morgan fingerprint density at radius 2 is 1.78 bits per heavy atom. The molecule has 0 aliphatic heterocycles. The average molecular weight is 308 g/mol. The van der Waals surface area contributed by atoms with Crippen LogP contribution in [0, 0.1) is 0 Å². The van der Waals surface area contributed by atoms with Crippen LogP contribution in [0.3, 0.4) is 0 Å². The van der Waals surface area contributed by atoms with Crippen molar-refractivity contribution in [1.29, 1.82) is 0 Å². The number of hydrogen-bond acceptors (Lipinski definition) is 3. The molecule has 0 unspecified atom stereocenters. The Morgan fingerprint density at radius 1 is 0.957 bits per heavy atom. The van der Waals surface area contributed by atoms with Gasteiger partial charge in [0.25, 0.3) is 0 Å². The van der Waals surface area contributed by atoms with Gasteiger partial charge < -0.3 is 9.47 Å². The molecule has 3 aromatic rings. The normalized spacial score (nSPS) is 11.4. The van der Waals surface area contributed by atoms with Crippen molar-refractivity contribution in [2.45, 2.75) is 25.8 Å². The molecule has 0 fully saturated rings. The van der Waals surface area contributed by atoms with Crippen molar-refractivity contribution >= 4 is 11.0 Å². The van der Waals surface area contributed by atoms with Gasteiger partial charge in [-0.1, -0.05) is 36.8 Å². The molecule has 4 heteroatoms. The molecule has 120 valence electrons. The van der Waals surface area contributed by atoms with Crippen molar-refractivity contribution in [3.8, 4) is 11.3 Å². The molecule has 0 aliphatic carbocycles. The molecule has 0 spiro atoms. The maximum atomic E-state index is 4.50. The lowest BCUT2D eigenvalue weighted by Gasteiger charge is -2.09. The Bertz CT molecular complexity index is 746. The Balaban J connectivity index is 1.74. The maximum absolute atomic E-state index is 4.50. The van der Waals surface area contributed by atoms with Crippen LogP contribution in [0.4, 0.5) is 0 Å². The van der Waals surface area contributed by atoms with Crippen LogP contribution in [0.15, 0.2) is 48.9 Å². The van der Waals surface area contributed by atoms with Crippen molar-refractivity contribution < 1.29 is 0 Å². The van der Waals surface area contributed by atoms with Gasteiger partial charge in [0.15, 0.2) is 0 Å². The van der Waals surface area contributed by atoms with E-state index in [-0.39, 0.29) is 0 Å². The first-order chi connectivity index (χ1) is 11.3. The molecule has 0 amide bonds. The molecule has 2 aromatic heterocycles. The van der Waals surface area contributed by atoms with E-state index in [0.717, 1.165) is 35.4 Å². The summed E-state index contributed by atoms with van der Waals surface area (Å²) in [5.41, 5.74) is 3.19. The van der Waals surface area contributed by atoms with Crippen LogP contribution in [-0.2, 0) is 6.54 Å². The molecule has 3 rings (SSSR count). The van der Waals surface area contributed by atoms with Gasteiger partial charge in [0.1, 0.15) is 12.0 Å². The zero-order valence-electron chi connectivity index (χ0n) is 13.9. The monoisotopic (exact) mass is 308 g/mol. The Labute approximate surface area is 137 Å². The van der Waals surface area contributed by atoms with Gasteiger partial charge in [0.2, 0.25) is 0 Å². The Hall–Kier alpha value is -2.20. The Morgan fingerprint density at radius 3 is 2.57 bits per heavy atom. The molecule has 0 atom stereocenters. The first-order valence-electron chi connectivity index (χ1n) is 8.25. The van der Waals surface area contributed by atoms with E-state index >= 15 is 0 Å². The number of hydrogen-bond donors (Lipinski definition) is 0. The average Bonchev–Trinajstić information content (AvgIpc) is 2.98. The van der Waals surface area contributed by atoms with Crippen LogP contribution < -0.4 is 0 Å². The summed E-state index contributed by atoms with van der Waals surface area (Å²) in [7, 11) is 4.25. The molecule has 0 radical (unpaired) electrons. The fraction of sp³-hybridized carbons (Fsp3) is 0.368. The molecule has 0 saturated heterocycles. The summed E-state index contributed by atoms with van der Waals surface area (Å²) in [6.07, 6.45) is 7.48. The smallest absolute Gasteiger partial charge is 0.143 e. The molecule has 0 N–H and O–H groups in total. The number of aryl methyl sites for hydroxylation is 1. The fourth-order valence-electron chi connectivity index (χ4n) is 2.90. The van der Waals surface area contributed by atoms with Gasteiger partial charge in [-0.15, -0.1) is 0 Å². The quantitative estimate of drug-likeness (QED) is 0.622. The number of fused-ring (bicyclic) bond motifs is 1. The number of aromatic nitrogens is 3. The van der Waals surface area contributed by atoms with E-state index in [4.69, 9.17) is 0 Å². The molecular formula is C19H24N4. The van der Waals surface area contributed by atoms with Gasteiger partial charge in [0.05, 0.1) is 5.69 Å². The predicted octanol–water partition coefficient (Wildman–Crippen LogP) is 3.83. The second-order valence-electron chi connectivity index (χ2n) is 6.20. The van der Waals surface area contributed by atoms with Crippen molar-refractivity contribution in [2.75, 3.05) is 20.6 Å². The minimum Gasteiger partial charge on any atom is -0.332 e. The minimum absolute atomic E-state index is 1.02. The van der Waals surface area contributed by atoms with Crippen molar-refractivity contribution in [3.63, 3.8) is 0 Å². The highest BCUT2D eigenvalue weighted by atomic mass is 15.1. The SMILES string of the molecule is CN(C)CCCCCn1ccc2c(-c3ccccc3)ncnc21. The van der Waals surface area contributed by atoms with Crippen LogP contribution in [0.1, 0.15) is 19.3 Å². The molecule has 23 heavy (non-hydrogen) atoms. The van der Waals surface area contributed by atoms with Crippen LogP contribution in [0.5, 0.6) is 0 Å². The van der Waals surface area contributed by atoms with Gasteiger partial charge in [-0.2, -0.15) is 0 Å². The lowest BCUT2D eigenvalue weighted by molar-refractivity contribution is 0.388. The molecule has 0 aliphatic rings. The first-order valence-corrected chi connectivity index (χ1v) is 8.25. The van der Waals surface area contributed by atoms with Crippen LogP contribution in [0.2, 0.25) is 0 Å². The molecule has 4 nitrogen and oxygen atoms in total. The number of benzene rings is 1. The van der Waals surface area contributed by atoms with E-state index in [2.05, 4.69) is 57.9 Å². The van der Waals surface area contributed by atoms with E-state index < -0.39 is 0 Å². The number of unbranched alkanes of at least 4 members (excludes halogenated alkanes) is 2. The van der Waals surface area contributed by atoms with E-state index in [1.165, 1.54) is 19.3 Å². The highest BCUT2D eigenvalue weighted by Gasteiger charge is 2.09. The molecule has 2 heterocycles. The summed E-state index contributed by atoms with van der Waals surface area (Å²) in [4.78, 5) is 11.2. The van der Waals surface area contributed by atoms with E-state index in [9.17, 15) is 0 Å². The highest BCUT2D eigenvalue weighted by molar-refractivity contribution is 5.90. The zero-order valence-corrected chi connectivity index (χ0v) is 13.9. The highest BCUT2D eigenvalue weighted by Crippen LogP contribution is 2.25. The zero-order chi connectivity index (χ0) is 16.1. The molecule has 0 saturated carbocycles. The summed E-state index contributed by atoms with van der Waals surface area (Å²) in [5, 5.41) is 1.13. The molecule has 0 bridgehead atoms. The third kappa shape index (κ3) is 3.77. The minimum atomic E-state index is 1.02. The van der Waals surface area contributed by atoms with Crippen molar-refractivity contribution in [1.82, 2.24) is 19.4 Å². The van der Waals surface area contributed by atoms with Gasteiger partial charge in [0, 0.05) is 23.7 Å². The molecule has 1 aromatic carbocycles. The first kappa shape index (κ1) is 15.7. The third-order valence-electron chi connectivity index (χ3n) is 4.11. The maximum Gasteiger partial charge on any atom is 0.143 e. The summed E-state index contributed by atoms with van der Waals surface area (Å²) in [6, 6.07) is 12.5. The second-order valence-corrected chi connectivity index (χ2v) is 6.20. The lowest BCUT2D eigenvalue weighted by atomic mass is 10.1. The standard InChI is InChI=1S/C19H24N4/c1-22(2)12-7-4-8-13-23-14-11-17-18(20-15-21-19(17)23)16-9-5-3-6-10-16/h3,5-6,9-11,14-15H,4,7-8,12-13H2,1-2H3. The molecular weight excluding hydrogens is 284 g/mol. The largest absolute Gasteiger partial charge is 0.332 e. The van der Waals surface area contributed by atoms with Crippen molar-refractivity contribution in [2.24, 2.45) is 0 Å². The van der Waals surface area contributed by atoms with Crippen molar-refractivity contribution in [3.05, 3.63) is 48.9 Å². The van der Waals surface area contributed by atoms with Gasteiger partial charge >= 0.3 is 0 Å². The number of rotatable bonds is 7.